The van der Waals surface area contributed by atoms with E-state index >= 15 is 0 Å². The van der Waals surface area contributed by atoms with Crippen molar-refractivity contribution in [2.45, 2.75) is 19.0 Å². The van der Waals surface area contributed by atoms with Gasteiger partial charge >= 0.3 is 0 Å². The first-order chi connectivity index (χ1) is 14.1. The van der Waals surface area contributed by atoms with Gasteiger partial charge in [-0.25, -0.2) is 9.97 Å². The van der Waals surface area contributed by atoms with E-state index in [2.05, 4.69) is 82.2 Å². The van der Waals surface area contributed by atoms with Gasteiger partial charge in [-0.2, -0.15) is 0 Å². The molecule has 5 nitrogen and oxygen atoms in total. The standard InChI is InChI=1S/C22H20N4OS2/c1-15-3-7-17(8-4-15)19-13-24-22(26(19)18-9-5-16(2)6-10-18)29-14-20(27)25-21-23-11-12-28-21/h3-13H,14H2,1-2H3,(H,23,25,27). The summed E-state index contributed by atoms with van der Waals surface area (Å²) < 4.78 is 2.10. The molecular formula is C22H20N4OS2. The topological polar surface area (TPSA) is 59.8 Å². The molecule has 4 rings (SSSR count). The van der Waals surface area contributed by atoms with Gasteiger partial charge in [0.2, 0.25) is 5.91 Å². The number of nitrogens with one attached hydrogen (secondary N) is 1. The molecule has 0 spiro atoms. The van der Waals surface area contributed by atoms with Crippen LogP contribution in [0.15, 0.2) is 71.5 Å². The number of anilines is 1. The SMILES string of the molecule is Cc1ccc(-c2cnc(SCC(=O)Nc3nccs3)n2-c2ccc(C)cc2)cc1. The smallest absolute Gasteiger partial charge is 0.236 e. The molecule has 0 aliphatic rings. The number of nitrogens with zero attached hydrogens (tertiary/aromatic N) is 3. The molecule has 7 heteroatoms. The van der Waals surface area contributed by atoms with E-state index in [-0.39, 0.29) is 11.7 Å². The quantitative estimate of drug-likeness (QED) is 0.428. The van der Waals surface area contributed by atoms with Crippen LogP contribution in [0.1, 0.15) is 11.1 Å². The van der Waals surface area contributed by atoms with Crippen molar-refractivity contribution in [2.75, 3.05) is 11.1 Å². The van der Waals surface area contributed by atoms with Gasteiger partial charge in [0.15, 0.2) is 10.3 Å². The van der Waals surface area contributed by atoms with Crippen LogP contribution >= 0.6 is 23.1 Å². The predicted octanol–water partition coefficient (Wildman–Crippen LogP) is 5.34. The molecule has 2 aromatic carbocycles. The molecule has 29 heavy (non-hydrogen) atoms. The highest BCUT2D eigenvalue weighted by Crippen LogP contribution is 2.30. The van der Waals surface area contributed by atoms with Crippen LogP contribution in [0.5, 0.6) is 0 Å². The Labute approximate surface area is 177 Å². The number of hydrogen-bond donors (Lipinski definition) is 1. The zero-order valence-electron chi connectivity index (χ0n) is 16.1. The van der Waals surface area contributed by atoms with Crippen molar-refractivity contribution in [3.63, 3.8) is 0 Å². The van der Waals surface area contributed by atoms with Crippen LogP contribution in [0.25, 0.3) is 16.9 Å². The number of aryl methyl sites for hydroxylation is 2. The zero-order chi connectivity index (χ0) is 20.2. The van der Waals surface area contributed by atoms with Crippen molar-refractivity contribution in [3.05, 3.63) is 77.4 Å². The predicted molar refractivity (Wildman–Crippen MR) is 120 cm³/mol. The largest absolute Gasteiger partial charge is 0.301 e. The fourth-order valence-electron chi connectivity index (χ4n) is 2.88. The minimum atomic E-state index is -0.0970. The van der Waals surface area contributed by atoms with Crippen LogP contribution in [0.4, 0.5) is 5.13 Å². The fraction of sp³-hybridized carbons (Fsp3) is 0.136. The van der Waals surface area contributed by atoms with Crippen molar-refractivity contribution >= 4 is 34.1 Å². The molecule has 0 unspecified atom stereocenters. The second-order valence-corrected chi connectivity index (χ2v) is 8.47. The maximum Gasteiger partial charge on any atom is 0.236 e. The maximum absolute atomic E-state index is 12.3. The number of rotatable bonds is 6. The number of amides is 1. The Kier molecular flexibility index (Phi) is 5.78. The molecular weight excluding hydrogens is 400 g/mol. The summed E-state index contributed by atoms with van der Waals surface area (Å²) in [6.45, 7) is 4.14. The van der Waals surface area contributed by atoms with E-state index in [4.69, 9.17) is 0 Å². The number of hydrogen-bond acceptors (Lipinski definition) is 5. The van der Waals surface area contributed by atoms with E-state index < -0.39 is 0 Å². The Balaban J connectivity index is 1.63. The Morgan fingerprint density at radius 3 is 2.38 bits per heavy atom. The van der Waals surface area contributed by atoms with Crippen molar-refractivity contribution in [1.29, 1.82) is 0 Å². The summed E-state index contributed by atoms with van der Waals surface area (Å²) in [5.74, 6) is 0.163. The number of carbonyl (C=O) groups is 1. The van der Waals surface area contributed by atoms with Gasteiger partial charge in [0.1, 0.15) is 0 Å². The van der Waals surface area contributed by atoms with E-state index in [9.17, 15) is 4.79 Å². The average molecular weight is 421 g/mol. The summed E-state index contributed by atoms with van der Waals surface area (Å²) in [5, 5.41) is 6.03. The number of thiazole rings is 1. The normalized spacial score (nSPS) is 10.8. The molecule has 0 saturated heterocycles. The van der Waals surface area contributed by atoms with Gasteiger partial charge in [-0.3, -0.25) is 9.36 Å². The summed E-state index contributed by atoms with van der Waals surface area (Å²) in [4.78, 5) is 21.0. The number of thioether (sulfide) groups is 1. The molecule has 1 N–H and O–H groups in total. The minimum Gasteiger partial charge on any atom is -0.301 e. The van der Waals surface area contributed by atoms with Crippen LogP contribution in [0.3, 0.4) is 0 Å². The van der Waals surface area contributed by atoms with Crippen LogP contribution in [-0.2, 0) is 4.79 Å². The lowest BCUT2D eigenvalue weighted by Crippen LogP contribution is -2.14. The summed E-state index contributed by atoms with van der Waals surface area (Å²) in [6.07, 6.45) is 3.54. The Bertz CT molecular complexity index is 1100. The van der Waals surface area contributed by atoms with Gasteiger partial charge in [-0.15, -0.1) is 11.3 Å². The molecule has 146 valence electrons. The van der Waals surface area contributed by atoms with Crippen molar-refractivity contribution in [2.24, 2.45) is 0 Å². The monoisotopic (exact) mass is 420 g/mol. The minimum absolute atomic E-state index is 0.0970. The van der Waals surface area contributed by atoms with Gasteiger partial charge in [-0.1, -0.05) is 59.3 Å². The first-order valence-corrected chi connectivity index (χ1v) is 11.0. The molecule has 0 bridgehead atoms. The molecule has 1 amide bonds. The van der Waals surface area contributed by atoms with Gasteiger partial charge in [-0.05, 0) is 26.0 Å². The second kappa shape index (κ2) is 8.63. The molecule has 0 fully saturated rings. The molecule has 2 heterocycles. The van der Waals surface area contributed by atoms with Gasteiger partial charge in [0.25, 0.3) is 0 Å². The van der Waals surface area contributed by atoms with Gasteiger partial charge in [0, 0.05) is 22.8 Å². The molecule has 0 saturated carbocycles. The Morgan fingerprint density at radius 1 is 1.03 bits per heavy atom. The first-order valence-electron chi connectivity index (χ1n) is 9.14. The van der Waals surface area contributed by atoms with E-state index in [0.29, 0.717) is 5.13 Å². The summed E-state index contributed by atoms with van der Waals surface area (Å²) in [7, 11) is 0. The lowest BCUT2D eigenvalue weighted by atomic mass is 10.1. The van der Waals surface area contributed by atoms with Gasteiger partial charge < -0.3 is 5.32 Å². The summed E-state index contributed by atoms with van der Waals surface area (Å²) >= 11 is 2.81. The second-order valence-electron chi connectivity index (χ2n) is 6.64. The van der Waals surface area contributed by atoms with E-state index in [1.807, 2.05) is 11.6 Å². The first kappa shape index (κ1) is 19.4. The highest BCUT2D eigenvalue weighted by atomic mass is 32.2. The fourth-order valence-corrected chi connectivity index (χ4v) is 4.22. The zero-order valence-corrected chi connectivity index (χ0v) is 17.8. The third-order valence-corrected chi connectivity index (χ3v) is 6.02. The molecule has 2 aromatic heterocycles. The Hall–Kier alpha value is -2.90. The van der Waals surface area contributed by atoms with Crippen LogP contribution in [0, 0.1) is 13.8 Å². The summed E-state index contributed by atoms with van der Waals surface area (Å²) in [6, 6.07) is 16.7. The number of imidazole rings is 1. The van der Waals surface area contributed by atoms with Crippen LogP contribution in [0.2, 0.25) is 0 Å². The van der Waals surface area contributed by atoms with Crippen molar-refractivity contribution < 1.29 is 4.79 Å². The molecule has 0 radical (unpaired) electrons. The molecule has 0 aliphatic heterocycles. The van der Waals surface area contributed by atoms with Crippen LogP contribution < -0.4 is 5.32 Å². The highest BCUT2D eigenvalue weighted by Gasteiger charge is 2.16. The third kappa shape index (κ3) is 4.58. The van der Waals surface area contributed by atoms with Crippen LogP contribution in [-0.4, -0.2) is 26.2 Å². The third-order valence-electron chi connectivity index (χ3n) is 4.38. The van der Waals surface area contributed by atoms with E-state index in [0.717, 1.165) is 22.1 Å². The Morgan fingerprint density at radius 2 is 1.72 bits per heavy atom. The van der Waals surface area contributed by atoms with E-state index in [1.54, 1.807) is 6.20 Å². The van der Waals surface area contributed by atoms with Crippen molar-refractivity contribution in [3.8, 4) is 16.9 Å². The number of carbonyl (C=O) groups excluding carboxylic acids is 1. The number of benzene rings is 2. The van der Waals surface area contributed by atoms with Crippen molar-refractivity contribution in [1.82, 2.24) is 14.5 Å². The lowest BCUT2D eigenvalue weighted by molar-refractivity contribution is -0.113. The lowest BCUT2D eigenvalue weighted by Gasteiger charge is -2.12. The molecule has 0 atom stereocenters. The van der Waals surface area contributed by atoms with Gasteiger partial charge in [0.05, 0.1) is 17.6 Å². The molecule has 4 aromatic rings. The summed E-state index contributed by atoms with van der Waals surface area (Å²) in [5.41, 5.74) is 5.51. The number of aromatic nitrogens is 3. The highest BCUT2D eigenvalue weighted by molar-refractivity contribution is 7.99. The molecule has 0 aliphatic carbocycles. The van der Waals surface area contributed by atoms with E-state index in [1.165, 1.54) is 34.2 Å². The average Bonchev–Trinajstić information content (AvgIpc) is 3.37. The maximum atomic E-state index is 12.3.